The summed E-state index contributed by atoms with van der Waals surface area (Å²) in [6, 6.07) is 5.90. The SMILES string of the molecule is Cc1nnc(NC(=O)NCc2ccc(C(=O)O)cc2)s1. The van der Waals surface area contributed by atoms with Crippen LogP contribution < -0.4 is 10.6 Å². The third-order valence-corrected chi connectivity index (χ3v) is 3.15. The van der Waals surface area contributed by atoms with Crippen LogP contribution in [0.15, 0.2) is 24.3 Å². The summed E-state index contributed by atoms with van der Waals surface area (Å²) < 4.78 is 0. The lowest BCUT2D eigenvalue weighted by molar-refractivity contribution is 0.0697. The topological polar surface area (TPSA) is 104 Å². The van der Waals surface area contributed by atoms with Gasteiger partial charge in [-0.25, -0.2) is 9.59 Å². The van der Waals surface area contributed by atoms with Crippen molar-refractivity contribution in [1.82, 2.24) is 15.5 Å². The van der Waals surface area contributed by atoms with Gasteiger partial charge in [-0.2, -0.15) is 0 Å². The number of nitrogens with one attached hydrogen (secondary N) is 2. The Kier molecular flexibility index (Phi) is 4.26. The molecule has 0 fully saturated rings. The van der Waals surface area contributed by atoms with E-state index in [1.165, 1.54) is 23.5 Å². The Balaban J connectivity index is 1.85. The number of benzene rings is 1. The highest BCUT2D eigenvalue weighted by atomic mass is 32.1. The third-order valence-electron chi connectivity index (χ3n) is 2.40. The van der Waals surface area contributed by atoms with Crippen molar-refractivity contribution in [1.29, 1.82) is 0 Å². The van der Waals surface area contributed by atoms with Gasteiger partial charge in [0.15, 0.2) is 0 Å². The molecule has 104 valence electrons. The van der Waals surface area contributed by atoms with Crippen molar-refractivity contribution in [2.45, 2.75) is 13.5 Å². The molecular formula is C12H12N4O3S. The van der Waals surface area contributed by atoms with Gasteiger partial charge in [0.2, 0.25) is 5.13 Å². The van der Waals surface area contributed by atoms with E-state index in [2.05, 4.69) is 20.8 Å². The molecule has 0 spiro atoms. The quantitative estimate of drug-likeness (QED) is 0.798. The first-order chi connectivity index (χ1) is 9.54. The van der Waals surface area contributed by atoms with Crippen LogP contribution in [0.5, 0.6) is 0 Å². The first-order valence-electron chi connectivity index (χ1n) is 5.72. The summed E-state index contributed by atoms with van der Waals surface area (Å²) in [6.07, 6.45) is 0. The molecule has 2 aromatic rings. The molecule has 3 N–H and O–H groups in total. The van der Waals surface area contributed by atoms with Crippen LogP contribution >= 0.6 is 11.3 Å². The summed E-state index contributed by atoms with van der Waals surface area (Å²) >= 11 is 1.28. The van der Waals surface area contributed by atoms with E-state index in [0.717, 1.165) is 10.6 Å². The molecule has 0 atom stereocenters. The summed E-state index contributed by atoms with van der Waals surface area (Å²) in [4.78, 5) is 22.3. The molecule has 8 heteroatoms. The second-order valence-electron chi connectivity index (χ2n) is 3.94. The number of aromatic nitrogens is 2. The predicted octanol–water partition coefficient (Wildman–Crippen LogP) is 1.87. The molecule has 1 aromatic heterocycles. The fraction of sp³-hybridized carbons (Fsp3) is 0.167. The van der Waals surface area contributed by atoms with Crippen molar-refractivity contribution in [3.63, 3.8) is 0 Å². The molecule has 1 aromatic carbocycles. The number of amides is 2. The average Bonchev–Trinajstić information content (AvgIpc) is 2.82. The number of nitrogens with zero attached hydrogens (tertiary/aromatic N) is 2. The van der Waals surface area contributed by atoms with E-state index < -0.39 is 5.97 Å². The molecule has 0 radical (unpaired) electrons. The second-order valence-corrected chi connectivity index (χ2v) is 5.12. The van der Waals surface area contributed by atoms with E-state index in [0.29, 0.717) is 11.7 Å². The van der Waals surface area contributed by atoms with Crippen LogP contribution in [0.1, 0.15) is 20.9 Å². The standard InChI is InChI=1S/C12H12N4O3S/c1-7-15-16-12(20-7)14-11(19)13-6-8-2-4-9(5-3-8)10(17)18/h2-5H,6H2,1H3,(H,17,18)(H2,13,14,16,19). The van der Waals surface area contributed by atoms with Crippen LogP contribution in [-0.2, 0) is 6.54 Å². The van der Waals surface area contributed by atoms with E-state index in [1.54, 1.807) is 19.1 Å². The van der Waals surface area contributed by atoms with Gasteiger partial charge in [0.05, 0.1) is 5.56 Å². The highest BCUT2D eigenvalue weighted by molar-refractivity contribution is 7.15. The van der Waals surface area contributed by atoms with Crippen molar-refractivity contribution in [3.8, 4) is 0 Å². The fourth-order valence-corrected chi connectivity index (χ4v) is 2.02. The number of aromatic carboxylic acids is 1. The Hall–Kier alpha value is -2.48. The van der Waals surface area contributed by atoms with Crippen molar-refractivity contribution in [2.75, 3.05) is 5.32 Å². The van der Waals surface area contributed by atoms with Crippen LogP contribution in [0.25, 0.3) is 0 Å². The zero-order chi connectivity index (χ0) is 14.5. The minimum absolute atomic E-state index is 0.211. The number of aryl methyl sites for hydroxylation is 1. The zero-order valence-electron chi connectivity index (χ0n) is 10.6. The predicted molar refractivity (Wildman–Crippen MR) is 73.9 cm³/mol. The lowest BCUT2D eigenvalue weighted by Gasteiger charge is -2.05. The number of hydrogen-bond acceptors (Lipinski definition) is 5. The van der Waals surface area contributed by atoms with E-state index in [-0.39, 0.29) is 11.6 Å². The summed E-state index contributed by atoms with van der Waals surface area (Å²) in [5.41, 5.74) is 1.01. The number of rotatable bonds is 4. The zero-order valence-corrected chi connectivity index (χ0v) is 11.4. The van der Waals surface area contributed by atoms with Gasteiger partial charge in [0, 0.05) is 6.54 Å². The highest BCUT2D eigenvalue weighted by Gasteiger charge is 2.06. The molecule has 0 aliphatic rings. The number of carbonyl (C=O) groups excluding carboxylic acids is 1. The van der Waals surface area contributed by atoms with E-state index >= 15 is 0 Å². The molecule has 0 saturated heterocycles. The van der Waals surface area contributed by atoms with Crippen molar-refractivity contribution >= 4 is 28.5 Å². The van der Waals surface area contributed by atoms with Gasteiger partial charge >= 0.3 is 12.0 Å². The molecular weight excluding hydrogens is 280 g/mol. The second kappa shape index (κ2) is 6.11. The molecule has 1 heterocycles. The van der Waals surface area contributed by atoms with Gasteiger partial charge < -0.3 is 10.4 Å². The fourth-order valence-electron chi connectivity index (χ4n) is 1.44. The number of carboxylic acid groups (broad SMARTS) is 1. The lowest BCUT2D eigenvalue weighted by atomic mass is 10.1. The summed E-state index contributed by atoms with van der Waals surface area (Å²) in [5.74, 6) is -0.978. The number of carboxylic acids is 1. The summed E-state index contributed by atoms with van der Waals surface area (Å²) in [5, 5.41) is 22.7. The third kappa shape index (κ3) is 3.75. The van der Waals surface area contributed by atoms with Gasteiger partial charge in [0.25, 0.3) is 0 Å². The van der Waals surface area contributed by atoms with Gasteiger partial charge in [0.1, 0.15) is 5.01 Å². The molecule has 7 nitrogen and oxygen atoms in total. The Morgan fingerprint density at radius 3 is 2.50 bits per heavy atom. The molecule has 2 amide bonds. The number of carbonyl (C=O) groups is 2. The van der Waals surface area contributed by atoms with Crippen LogP contribution in [0, 0.1) is 6.92 Å². The number of urea groups is 1. The smallest absolute Gasteiger partial charge is 0.335 e. The maximum atomic E-state index is 11.6. The van der Waals surface area contributed by atoms with E-state index in [1.807, 2.05) is 0 Å². The maximum absolute atomic E-state index is 11.6. The Bertz CT molecular complexity index is 624. The average molecular weight is 292 g/mol. The maximum Gasteiger partial charge on any atom is 0.335 e. The first-order valence-corrected chi connectivity index (χ1v) is 6.53. The van der Waals surface area contributed by atoms with Gasteiger partial charge in [-0.1, -0.05) is 23.5 Å². The molecule has 0 aliphatic heterocycles. The molecule has 20 heavy (non-hydrogen) atoms. The van der Waals surface area contributed by atoms with Gasteiger partial charge in [-0.15, -0.1) is 10.2 Å². The Labute approximate surface area is 118 Å². The first kappa shape index (κ1) is 13.9. The van der Waals surface area contributed by atoms with E-state index in [4.69, 9.17) is 5.11 Å². The van der Waals surface area contributed by atoms with Crippen molar-refractivity contribution in [2.24, 2.45) is 0 Å². The summed E-state index contributed by atoms with van der Waals surface area (Å²) in [6.45, 7) is 2.09. The van der Waals surface area contributed by atoms with Crippen LogP contribution in [-0.4, -0.2) is 27.3 Å². The minimum atomic E-state index is -0.978. The lowest BCUT2D eigenvalue weighted by Crippen LogP contribution is -2.28. The van der Waals surface area contributed by atoms with Crippen molar-refractivity contribution < 1.29 is 14.7 Å². The molecule has 0 unspecified atom stereocenters. The number of anilines is 1. The highest BCUT2D eigenvalue weighted by Crippen LogP contribution is 2.13. The number of hydrogen-bond donors (Lipinski definition) is 3. The monoisotopic (exact) mass is 292 g/mol. The van der Waals surface area contributed by atoms with Gasteiger partial charge in [-0.05, 0) is 24.6 Å². The normalized spacial score (nSPS) is 10.1. The van der Waals surface area contributed by atoms with Crippen LogP contribution in [0.3, 0.4) is 0 Å². The Morgan fingerprint density at radius 1 is 1.25 bits per heavy atom. The summed E-state index contributed by atoms with van der Waals surface area (Å²) in [7, 11) is 0. The van der Waals surface area contributed by atoms with E-state index in [9.17, 15) is 9.59 Å². The molecule has 0 bridgehead atoms. The van der Waals surface area contributed by atoms with Crippen LogP contribution in [0.2, 0.25) is 0 Å². The molecule has 2 rings (SSSR count). The van der Waals surface area contributed by atoms with Crippen molar-refractivity contribution in [3.05, 3.63) is 40.4 Å². The minimum Gasteiger partial charge on any atom is -0.478 e. The molecule has 0 saturated carbocycles. The largest absolute Gasteiger partial charge is 0.478 e. The van der Waals surface area contributed by atoms with Gasteiger partial charge in [-0.3, -0.25) is 5.32 Å². The van der Waals surface area contributed by atoms with Crippen LogP contribution in [0.4, 0.5) is 9.93 Å². The molecule has 0 aliphatic carbocycles. The Morgan fingerprint density at radius 2 is 1.95 bits per heavy atom.